The Hall–Kier alpha value is -3.07. The van der Waals surface area contributed by atoms with Crippen LogP contribution < -0.4 is 0 Å². The number of aryl methyl sites for hydroxylation is 3. The number of amides is 1. The van der Waals surface area contributed by atoms with Gasteiger partial charge in [-0.3, -0.25) is 14.2 Å². The fraction of sp³-hybridized carbons (Fsp3) is 0.450. The minimum Gasteiger partial charge on any atom is -0.380 e. The highest BCUT2D eigenvalue weighted by Gasteiger charge is 2.26. The summed E-state index contributed by atoms with van der Waals surface area (Å²) in [6, 6.07) is 3.65. The Morgan fingerprint density at radius 3 is 2.97 bits per heavy atom. The van der Waals surface area contributed by atoms with Crippen LogP contribution in [0.25, 0.3) is 0 Å². The van der Waals surface area contributed by atoms with Gasteiger partial charge in [0.1, 0.15) is 12.4 Å². The number of nitrogens with zero attached hydrogens (tertiary/aromatic N) is 7. The zero-order chi connectivity index (χ0) is 20.4. The number of carbonyl (C=O) groups is 1. The van der Waals surface area contributed by atoms with Crippen LogP contribution in [0.3, 0.4) is 0 Å². The van der Waals surface area contributed by atoms with Crippen LogP contribution >= 0.6 is 0 Å². The summed E-state index contributed by atoms with van der Waals surface area (Å²) in [5.41, 5.74) is 3.50. The van der Waals surface area contributed by atoms with Crippen LogP contribution in [0.2, 0.25) is 0 Å². The van der Waals surface area contributed by atoms with E-state index in [1.54, 1.807) is 30.2 Å². The maximum absolute atomic E-state index is 13.2. The molecule has 0 fully saturated rings. The zero-order valence-corrected chi connectivity index (χ0v) is 16.7. The maximum atomic E-state index is 13.2. The third-order valence-corrected chi connectivity index (χ3v) is 5.25. The first-order chi connectivity index (χ1) is 14.1. The van der Waals surface area contributed by atoms with Crippen LogP contribution in [0.1, 0.15) is 59.0 Å². The second-order valence-electron chi connectivity index (χ2n) is 7.28. The van der Waals surface area contributed by atoms with E-state index in [1.807, 2.05) is 15.6 Å². The number of hydrogen-bond donors (Lipinski definition) is 1. The lowest BCUT2D eigenvalue weighted by Gasteiger charge is -2.21. The normalized spacial score (nSPS) is 15.1. The molecule has 29 heavy (non-hydrogen) atoms. The molecule has 0 aliphatic carbocycles. The molecule has 1 atom stereocenters. The average Bonchev–Trinajstić information content (AvgIpc) is 3.28. The van der Waals surface area contributed by atoms with E-state index in [0.717, 1.165) is 30.7 Å². The van der Waals surface area contributed by atoms with Gasteiger partial charge in [-0.1, -0.05) is 13.3 Å². The van der Waals surface area contributed by atoms with Gasteiger partial charge in [-0.15, -0.1) is 0 Å². The number of rotatable bonds is 5. The summed E-state index contributed by atoms with van der Waals surface area (Å²) in [6.45, 7) is 3.84. The summed E-state index contributed by atoms with van der Waals surface area (Å²) < 4.78 is 3.52. The highest BCUT2D eigenvalue weighted by atomic mass is 16.3. The molecule has 1 N–H and O–H groups in total. The Labute approximate surface area is 169 Å². The molecule has 0 saturated heterocycles. The fourth-order valence-electron chi connectivity index (χ4n) is 3.74. The Balaban J connectivity index is 1.58. The van der Waals surface area contributed by atoms with E-state index in [9.17, 15) is 9.90 Å². The van der Waals surface area contributed by atoms with Gasteiger partial charge in [0.25, 0.3) is 5.91 Å². The molecule has 4 rings (SSSR count). The minimum absolute atomic E-state index is 0.0579. The predicted molar refractivity (Wildman–Crippen MR) is 105 cm³/mol. The van der Waals surface area contributed by atoms with Crippen molar-refractivity contribution < 1.29 is 9.90 Å². The van der Waals surface area contributed by atoms with Crippen LogP contribution in [0.4, 0.5) is 0 Å². The van der Waals surface area contributed by atoms with Crippen LogP contribution in [0, 0.1) is 0 Å². The quantitative estimate of drug-likeness (QED) is 0.702. The van der Waals surface area contributed by atoms with Crippen LogP contribution in [0.5, 0.6) is 0 Å². The highest BCUT2D eigenvalue weighted by Crippen LogP contribution is 2.24. The smallest absolute Gasteiger partial charge is 0.257 e. The number of aliphatic hydroxyl groups is 1. The minimum atomic E-state index is -0.857. The Morgan fingerprint density at radius 2 is 2.21 bits per heavy atom. The first kappa shape index (κ1) is 19.3. The van der Waals surface area contributed by atoms with Gasteiger partial charge in [-0.2, -0.15) is 10.2 Å². The Morgan fingerprint density at radius 1 is 1.34 bits per heavy atom. The van der Waals surface area contributed by atoms with E-state index in [1.165, 1.54) is 6.33 Å². The number of aliphatic hydroxyl groups excluding tert-OH is 1. The molecule has 0 saturated carbocycles. The van der Waals surface area contributed by atoms with E-state index in [0.29, 0.717) is 36.6 Å². The largest absolute Gasteiger partial charge is 0.380 e. The molecule has 152 valence electrons. The standard InChI is InChI=1S/C20H25N7O2/c1-3-5-16-15(11-21-13-22-16)20(29)26-8-4-9-27-14(12-26)10-17(24-27)19(28)18-6-7-23-25(18)2/h6-7,10-11,13,19,28H,3-5,8-9,12H2,1-2H3/t19-/m0/s1. The molecule has 1 amide bonds. The second-order valence-corrected chi connectivity index (χ2v) is 7.28. The summed E-state index contributed by atoms with van der Waals surface area (Å²) >= 11 is 0. The van der Waals surface area contributed by atoms with Gasteiger partial charge in [0.2, 0.25) is 0 Å². The third-order valence-electron chi connectivity index (χ3n) is 5.25. The maximum Gasteiger partial charge on any atom is 0.257 e. The number of carbonyl (C=O) groups excluding carboxylic acids is 1. The van der Waals surface area contributed by atoms with Crippen molar-refractivity contribution in [1.82, 2.24) is 34.4 Å². The summed E-state index contributed by atoms with van der Waals surface area (Å²) in [4.78, 5) is 23.4. The molecule has 1 aliphatic heterocycles. The lowest BCUT2D eigenvalue weighted by atomic mass is 10.1. The van der Waals surface area contributed by atoms with E-state index >= 15 is 0 Å². The van der Waals surface area contributed by atoms with Gasteiger partial charge in [0.15, 0.2) is 0 Å². The average molecular weight is 395 g/mol. The van der Waals surface area contributed by atoms with Gasteiger partial charge in [-0.05, 0) is 25.0 Å². The van der Waals surface area contributed by atoms with Crippen molar-refractivity contribution >= 4 is 5.91 Å². The summed E-state index contributed by atoms with van der Waals surface area (Å²) in [5, 5.41) is 19.4. The number of fused-ring (bicyclic) bond motifs is 1. The van der Waals surface area contributed by atoms with Gasteiger partial charge in [0, 0.05) is 32.5 Å². The van der Waals surface area contributed by atoms with Crippen molar-refractivity contribution in [3.8, 4) is 0 Å². The van der Waals surface area contributed by atoms with Crippen molar-refractivity contribution in [2.45, 2.75) is 45.4 Å². The zero-order valence-electron chi connectivity index (χ0n) is 16.7. The van der Waals surface area contributed by atoms with Crippen LogP contribution in [0.15, 0.2) is 30.9 Å². The molecule has 9 heteroatoms. The van der Waals surface area contributed by atoms with Crippen molar-refractivity contribution in [1.29, 1.82) is 0 Å². The molecular weight excluding hydrogens is 370 g/mol. The predicted octanol–water partition coefficient (Wildman–Crippen LogP) is 1.49. The molecule has 0 unspecified atom stereocenters. The van der Waals surface area contributed by atoms with E-state index in [-0.39, 0.29) is 5.91 Å². The number of hydrogen-bond acceptors (Lipinski definition) is 6. The van der Waals surface area contributed by atoms with E-state index in [2.05, 4.69) is 27.1 Å². The lowest BCUT2D eigenvalue weighted by Crippen LogP contribution is -2.31. The molecule has 4 heterocycles. The van der Waals surface area contributed by atoms with Gasteiger partial charge >= 0.3 is 0 Å². The van der Waals surface area contributed by atoms with Gasteiger partial charge in [-0.25, -0.2) is 9.97 Å². The summed E-state index contributed by atoms with van der Waals surface area (Å²) in [6.07, 6.45) is 6.35. The molecular formula is C20H25N7O2. The van der Waals surface area contributed by atoms with Crippen LogP contribution in [-0.2, 0) is 26.6 Å². The van der Waals surface area contributed by atoms with Crippen molar-refractivity contribution in [3.05, 3.63) is 59.2 Å². The summed E-state index contributed by atoms with van der Waals surface area (Å²) in [7, 11) is 1.79. The summed E-state index contributed by atoms with van der Waals surface area (Å²) in [5.74, 6) is -0.0579. The monoisotopic (exact) mass is 395 g/mol. The third kappa shape index (κ3) is 3.77. The topological polar surface area (TPSA) is 102 Å². The SMILES string of the molecule is CCCc1ncncc1C(=O)N1CCCn2nc([C@H](O)c3ccnn3C)cc2C1. The molecule has 9 nitrogen and oxygen atoms in total. The molecule has 0 radical (unpaired) electrons. The number of aromatic nitrogens is 6. The van der Waals surface area contributed by atoms with Crippen LogP contribution in [-0.4, -0.2) is 52.0 Å². The Bertz CT molecular complexity index is 1010. The first-order valence-electron chi connectivity index (χ1n) is 9.89. The lowest BCUT2D eigenvalue weighted by molar-refractivity contribution is 0.0743. The van der Waals surface area contributed by atoms with Crippen molar-refractivity contribution in [3.63, 3.8) is 0 Å². The molecule has 0 spiro atoms. The first-order valence-corrected chi connectivity index (χ1v) is 9.89. The van der Waals surface area contributed by atoms with Gasteiger partial charge < -0.3 is 10.0 Å². The molecule has 3 aromatic rings. The van der Waals surface area contributed by atoms with E-state index in [4.69, 9.17) is 0 Å². The Kier molecular flexibility index (Phi) is 5.39. The fourth-order valence-corrected chi connectivity index (χ4v) is 3.74. The molecule has 1 aliphatic rings. The molecule has 0 aromatic carbocycles. The molecule has 0 bridgehead atoms. The van der Waals surface area contributed by atoms with Crippen molar-refractivity contribution in [2.75, 3.05) is 6.54 Å². The molecule has 3 aromatic heterocycles. The van der Waals surface area contributed by atoms with Crippen molar-refractivity contribution in [2.24, 2.45) is 7.05 Å². The van der Waals surface area contributed by atoms with Gasteiger partial charge in [0.05, 0.1) is 34.9 Å². The van der Waals surface area contributed by atoms with E-state index < -0.39 is 6.10 Å². The highest BCUT2D eigenvalue weighted by molar-refractivity contribution is 5.95. The second kappa shape index (κ2) is 8.12.